The minimum absolute atomic E-state index is 0.881. The second-order valence-corrected chi connectivity index (χ2v) is 9.38. The van der Waals surface area contributed by atoms with Crippen LogP contribution in [-0.4, -0.2) is 32.2 Å². The van der Waals surface area contributed by atoms with Crippen LogP contribution in [0.15, 0.2) is 0 Å². The lowest BCUT2D eigenvalue weighted by molar-refractivity contribution is 0.698. The van der Waals surface area contributed by atoms with E-state index in [-0.39, 0.29) is 0 Å². The summed E-state index contributed by atoms with van der Waals surface area (Å²) >= 11 is 8.80. The summed E-state index contributed by atoms with van der Waals surface area (Å²) in [7, 11) is 0. The first-order valence-electron chi connectivity index (χ1n) is 5.34. The van der Waals surface area contributed by atoms with Crippen molar-refractivity contribution in [1.82, 2.24) is 0 Å². The van der Waals surface area contributed by atoms with Gasteiger partial charge >= 0.3 is 0 Å². The Hall–Kier alpha value is 1.40. The molecule has 0 nitrogen and oxygen atoms in total. The number of thioether (sulfide) groups is 4. The average molecular weight is 267 g/mol. The van der Waals surface area contributed by atoms with Crippen molar-refractivity contribution in [2.75, 3.05) is 23.0 Å². The van der Waals surface area contributed by atoms with Gasteiger partial charge in [0.15, 0.2) is 0 Å². The Morgan fingerprint density at radius 2 is 1.14 bits per heavy atom. The molecule has 0 unspecified atom stereocenters. The van der Waals surface area contributed by atoms with Crippen LogP contribution < -0.4 is 0 Å². The van der Waals surface area contributed by atoms with E-state index in [4.69, 9.17) is 0 Å². The fourth-order valence-electron chi connectivity index (χ4n) is 1.75. The summed E-state index contributed by atoms with van der Waals surface area (Å²) in [5.74, 6) is 6.46. The number of rotatable bonds is 2. The van der Waals surface area contributed by atoms with Gasteiger partial charge in [-0.05, 0) is 41.8 Å². The van der Waals surface area contributed by atoms with E-state index in [9.17, 15) is 0 Å². The van der Waals surface area contributed by atoms with Crippen LogP contribution in [0.1, 0.15) is 19.8 Å². The highest BCUT2D eigenvalue weighted by molar-refractivity contribution is 8.19. The molecule has 0 spiro atoms. The summed E-state index contributed by atoms with van der Waals surface area (Å²) in [6.07, 6.45) is 2.84. The highest BCUT2D eigenvalue weighted by atomic mass is 32.2. The molecule has 0 aromatic rings. The highest BCUT2D eigenvalue weighted by Crippen LogP contribution is 2.44. The molecule has 0 atom stereocenters. The maximum atomic E-state index is 2.46. The van der Waals surface area contributed by atoms with Gasteiger partial charge in [0.2, 0.25) is 0 Å². The normalized spacial score (nSPS) is 27.0. The van der Waals surface area contributed by atoms with Crippen LogP contribution in [0.4, 0.5) is 0 Å². The van der Waals surface area contributed by atoms with Crippen LogP contribution in [0.5, 0.6) is 0 Å². The molecule has 82 valence electrons. The summed E-state index contributed by atoms with van der Waals surface area (Å²) in [5, 5.41) is 0. The molecule has 0 aliphatic carbocycles. The Balaban J connectivity index is 1.82. The molecule has 4 heteroatoms. The maximum absolute atomic E-state index is 2.46. The Bertz CT molecular complexity index is 144. The Morgan fingerprint density at radius 1 is 0.786 bits per heavy atom. The van der Waals surface area contributed by atoms with E-state index in [1.54, 1.807) is 0 Å². The molecule has 0 amide bonds. The Kier molecular flexibility index (Phi) is 5.27. The van der Waals surface area contributed by atoms with Gasteiger partial charge in [0, 0.05) is 0 Å². The molecule has 0 aromatic heterocycles. The van der Waals surface area contributed by atoms with Gasteiger partial charge in [0.1, 0.15) is 0 Å². The molecular weight excluding hydrogens is 248 g/mol. The average Bonchev–Trinajstić information content (AvgIpc) is 2.30. The SMILES string of the molecule is CC(C1SCCCS1)C1SCCCS1. The van der Waals surface area contributed by atoms with E-state index >= 15 is 0 Å². The summed E-state index contributed by atoms with van der Waals surface area (Å²) in [6.45, 7) is 2.46. The van der Waals surface area contributed by atoms with Gasteiger partial charge in [0.05, 0.1) is 9.16 Å². The predicted octanol–water partition coefficient (Wildman–Crippen LogP) is 4.01. The van der Waals surface area contributed by atoms with E-state index in [1.807, 2.05) is 0 Å². The van der Waals surface area contributed by atoms with E-state index in [1.165, 1.54) is 35.9 Å². The zero-order valence-corrected chi connectivity index (χ0v) is 11.9. The molecule has 14 heavy (non-hydrogen) atoms. The third-order valence-electron chi connectivity index (χ3n) is 2.56. The van der Waals surface area contributed by atoms with Crippen molar-refractivity contribution in [2.24, 2.45) is 5.92 Å². The zero-order chi connectivity index (χ0) is 9.80. The molecule has 0 bridgehead atoms. The van der Waals surface area contributed by atoms with Crippen molar-refractivity contribution >= 4 is 47.0 Å². The Labute approximate surface area is 105 Å². The van der Waals surface area contributed by atoms with Gasteiger partial charge in [-0.2, -0.15) is 0 Å². The summed E-state index contributed by atoms with van der Waals surface area (Å²) < 4.78 is 1.76. The predicted molar refractivity (Wildman–Crippen MR) is 75.8 cm³/mol. The van der Waals surface area contributed by atoms with Crippen LogP contribution in [-0.2, 0) is 0 Å². The molecule has 0 N–H and O–H groups in total. The van der Waals surface area contributed by atoms with Crippen LogP contribution in [0, 0.1) is 5.92 Å². The van der Waals surface area contributed by atoms with Crippen LogP contribution >= 0.6 is 47.0 Å². The maximum Gasteiger partial charge on any atom is 0.0546 e. The molecular formula is C10H18S4. The lowest BCUT2D eigenvalue weighted by Crippen LogP contribution is -2.25. The van der Waals surface area contributed by atoms with Gasteiger partial charge in [0.25, 0.3) is 0 Å². The summed E-state index contributed by atoms with van der Waals surface area (Å²) in [5.41, 5.74) is 0. The van der Waals surface area contributed by atoms with Crippen molar-refractivity contribution < 1.29 is 0 Å². The minimum Gasteiger partial charge on any atom is -0.147 e. The third kappa shape index (κ3) is 3.19. The van der Waals surface area contributed by atoms with Crippen molar-refractivity contribution in [3.05, 3.63) is 0 Å². The number of hydrogen-bond acceptors (Lipinski definition) is 4. The standard InChI is InChI=1S/C10H18S4/c1-8(9-11-4-2-5-12-9)10-13-6-3-7-14-10/h8-10H,2-7H2,1H3. The van der Waals surface area contributed by atoms with Crippen LogP contribution in [0.3, 0.4) is 0 Å². The fraction of sp³-hybridized carbons (Fsp3) is 1.00. The minimum atomic E-state index is 0.881. The molecule has 2 aliphatic heterocycles. The monoisotopic (exact) mass is 266 g/mol. The molecule has 2 saturated heterocycles. The lowest BCUT2D eigenvalue weighted by Gasteiger charge is -2.33. The van der Waals surface area contributed by atoms with Crippen LogP contribution in [0.25, 0.3) is 0 Å². The van der Waals surface area contributed by atoms with Crippen molar-refractivity contribution in [3.63, 3.8) is 0 Å². The second kappa shape index (κ2) is 6.21. The summed E-state index contributed by atoms with van der Waals surface area (Å²) in [6, 6.07) is 0. The van der Waals surface area contributed by atoms with Crippen molar-refractivity contribution in [2.45, 2.75) is 28.9 Å². The van der Waals surface area contributed by atoms with E-state index in [0.29, 0.717) is 0 Å². The van der Waals surface area contributed by atoms with E-state index < -0.39 is 0 Å². The van der Waals surface area contributed by atoms with Crippen LogP contribution in [0.2, 0.25) is 0 Å². The first-order valence-corrected chi connectivity index (χ1v) is 9.54. The third-order valence-corrected chi connectivity index (χ3v) is 9.33. The zero-order valence-electron chi connectivity index (χ0n) is 8.61. The molecule has 0 radical (unpaired) electrons. The topological polar surface area (TPSA) is 0 Å². The Morgan fingerprint density at radius 3 is 1.50 bits per heavy atom. The highest BCUT2D eigenvalue weighted by Gasteiger charge is 2.29. The number of hydrogen-bond donors (Lipinski definition) is 0. The fourth-order valence-corrected chi connectivity index (χ4v) is 8.45. The van der Waals surface area contributed by atoms with E-state index in [0.717, 1.165) is 15.1 Å². The molecule has 2 rings (SSSR count). The van der Waals surface area contributed by atoms with Gasteiger partial charge in [-0.15, -0.1) is 47.0 Å². The second-order valence-electron chi connectivity index (χ2n) is 3.79. The lowest BCUT2D eigenvalue weighted by atomic mass is 10.2. The molecule has 0 aromatic carbocycles. The van der Waals surface area contributed by atoms with Gasteiger partial charge in [-0.3, -0.25) is 0 Å². The van der Waals surface area contributed by atoms with Crippen molar-refractivity contribution in [1.29, 1.82) is 0 Å². The van der Waals surface area contributed by atoms with Gasteiger partial charge in [-0.1, -0.05) is 6.92 Å². The van der Waals surface area contributed by atoms with Gasteiger partial charge < -0.3 is 0 Å². The molecule has 2 aliphatic rings. The van der Waals surface area contributed by atoms with E-state index in [2.05, 4.69) is 54.0 Å². The first-order chi connectivity index (χ1) is 6.88. The first kappa shape index (κ1) is 11.9. The largest absolute Gasteiger partial charge is 0.147 e. The van der Waals surface area contributed by atoms with Crippen molar-refractivity contribution in [3.8, 4) is 0 Å². The quantitative estimate of drug-likeness (QED) is 0.740. The molecule has 0 saturated carbocycles. The summed E-state index contributed by atoms with van der Waals surface area (Å²) in [4.78, 5) is 0. The molecule has 2 heterocycles. The molecule has 2 fully saturated rings. The smallest absolute Gasteiger partial charge is 0.0546 e. The van der Waals surface area contributed by atoms with Gasteiger partial charge in [-0.25, -0.2) is 0 Å².